The summed E-state index contributed by atoms with van der Waals surface area (Å²) in [5, 5.41) is -0.0191. The monoisotopic (exact) mass is 236 g/mol. The Morgan fingerprint density at radius 1 is 1.40 bits per heavy atom. The molecule has 0 saturated heterocycles. The topological polar surface area (TPSA) is 38.9 Å². The molecule has 1 heterocycles. The fourth-order valence-electron chi connectivity index (χ4n) is 1.83. The quantitative estimate of drug-likeness (QED) is 0.761. The van der Waals surface area contributed by atoms with Gasteiger partial charge in [-0.1, -0.05) is 11.6 Å². The third-order valence-corrected chi connectivity index (χ3v) is 2.79. The molecule has 1 saturated carbocycles. The van der Waals surface area contributed by atoms with Crippen LogP contribution in [0.2, 0.25) is 5.15 Å². The van der Waals surface area contributed by atoms with E-state index in [2.05, 4.69) is 4.98 Å². The fraction of sp³-hybridized carbons (Fsp3) is 0.444. The van der Waals surface area contributed by atoms with Crippen LogP contribution in [0.4, 0.5) is 13.2 Å². The molecule has 0 aliphatic heterocycles. The Morgan fingerprint density at radius 3 is 2.53 bits per heavy atom. The largest absolute Gasteiger partial charge is 0.321 e. The second-order valence-corrected chi connectivity index (χ2v) is 4.22. The van der Waals surface area contributed by atoms with E-state index in [-0.39, 0.29) is 10.7 Å². The van der Waals surface area contributed by atoms with Gasteiger partial charge in [-0.3, -0.25) is 0 Å². The van der Waals surface area contributed by atoms with E-state index in [1.165, 1.54) is 0 Å². The summed E-state index contributed by atoms with van der Waals surface area (Å²) in [6.45, 7) is 0. The predicted molar refractivity (Wildman–Crippen MR) is 49.3 cm³/mol. The van der Waals surface area contributed by atoms with Crippen molar-refractivity contribution in [3.05, 3.63) is 28.8 Å². The number of hydrogen-bond acceptors (Lipinski definition) is 2. The highest BCUT2D eigenvalue weighted by atomic mass is 35.5. The number of aromatic nitrogens is 1. The zero-order chi connectivity index (χ0) is 11.3. The number of alkyl halides is 2. The number of nitrogens with two attached hydrogens (primary N) is 1. The van der Waals surface area contributed by atoms with Gasteiger partial charge in [-0.15, -0.1) is 0 Å². The Bertz CT molecular complexity index is 400. The van der Waals surface area contributed by atoms with Gasteiger partial charge in [-0.2, -0.15) is 0 Å². The van der Waals surface area contributed by atoms with Crippen molar-refractivity contribution >= 4 is 11.6 Å². The minimum Gasteiger partial charge on any atom is -0.321 e. The SMILES string of the molecule is NC1(c2cc(F)cnc2Cl)CC(F)(F)C1. The van der Waals surface area contributed by atoms with Crippen molar-refractivity contribution in [3.63, 3.8) is 0 Å². The van der Waals surface area contributed by atoms with Crippen molar-refractivity contribution in [2.75, 3.05) is 0 Å². The van der Waals surface area contributed by atoms with Crippen LogP contribution in [-0.4, -0.2) is 10.9 Å². The molecule has 82 valence electrons. The van der Waals surface area contributed by atoms with Crippen LogP contribution in [-0.2, 0) is 5.54 Å². The van der Waals surface area contributed by atoms with Crippen molar-refractivity contribution in [1.29, 1.82) is 0 Å². The third-order valence-electron chi connectivity index (χ3n) is 2.49. The second kappa shape index (κ2) is 3.09. The van der Waals surface area contributed by atoms with Crippen LogP contribution < -0.4 is 5.73 Å². The molecule has 2 rings (SSSR count). The Morgan fingerprint density at radius 2 is 2.00 bits per heavy atom. The molecule has 0 unspecified atom stereocenters. The van der Waals surface area contributed by atoms with Gasteiger partial charge in [0.2, 0.25) is 0 Å². The first kappa shape index (κ1) is 10.7. The molecule has 1 aliphatic carbocycles. The number of nitrogens with zero attached hydrogens (tertiary/aromatic N) is 1. The summed E-state index contributed by atoms with van der Waals surface area (Å²) in [4.78, 5) is 3.54. The standard InChI is InChI=1S/C9H8ClF3N2/c10-7-6(1-5(11)2-15-7)8(14)3-9(12,13)4-8/h1-2H,3-4,14H2. The van der Waals surface area contributed by atoms with Gasteiger partial charge in [0.15, 0.2) is 0 Å². The smallest absolute Gasteiger partial charge is 0.252 e. The molecule has 0 aromatic carbocycles. The zero-order valence-corrected chi connectivity index (χ0v) is 8.36. The minimum absolute atomic E-state index is 0.0191. The van der Waals surface area contributed by atoms with E-state index in [0.29, 0.717) is 0 Å². The highest BCUT2D eigenvalue weighted by Crippen LogP contribution is 2.51. The first-order valence-electron chi connectivity index (χ1n) is 4.31. The molecule has 15 heavy (non-hydrogen) atoms. The van der Waals surface area contributed by atoms with Gasteiger partial charge in [-0.25, -0.2) is 18.2 Å². The molecule has 1 aromatic heterocycles. The van der Waals surface area contributed by atoms with Crippen molar-refractivity contribution in [2.24, 2.45) is 5.73 Å². The van der Waals surface area contributed by atoms with Crippen molar-refractivity contribution in [1.82, 2.24) is 4.98 Å². The van der Waals surface area contributed by atoms with Gasteiger partial charge in [0.25, 0.3) is 5.92 Å². The first-order chi connectivity index (χ1) is 6.82. The van der Waals surface area contributed by atoms with Gasteiger partial charge in [0.05, 0.1) is 11.7 Å². The van der Waals surface area contributed by atoms with Crippen LogP contribution in [0.3, 0.4) is 0 Å². The fourth-order valence-corrected chi connectivity index (χ4v) is 2.12. The van der Waals surface area contributed by atoms with Gasteiger partial charge >= 0.3 is 0 Å². The normalized spacial score (nSPS) is 22.2. The maximum Gasteiger partial charge on any atom is 0.252 e. The van der Waals surface area contributed by atoms with Crippen LogP contribution in [0.15, 0.2) is 12.3 Å². The number of hydrogen-bond donors (Lipinski definition) is 1. The predicted octanol–water partition coefficient (Wildman–Crippen LogP) is 2.46. The van der Waals surface area contributed by atoms with E-state index in [0.717, 1.165) is 12.3 Å². The van der Waals surface area contributed by atoms with Crippen LogP contribution in [0.1, 0.15) is 18.4 Å². The van der Waals surface area contributed by atoms with Crippen LogP contribution in [0, 0.1) is 5.82 Å². The number of pyridine rings is 1. The molecular formula is C9H8ClF3N2. The van der Waals surface area contributed by atoms with Crippen LogP contribution in [0.5, 0.6) is 0 Å². The average molecular weight is 237 g/mol. The molecule has 0 radical (unpaired) electrons. The molecule has 0 bridgehead atoms. The van der Waals surface area contributed by atoms with E-state index in [4.69, 9.17) is 17.3 Å². The maximum atomic E-state index is 12.9. The van der Waals surface area contributed by atoms with E-state index in [9.17, 15) is 13.2 Å². The summed E-state index contributed by atoms with van der Waals surface area (Å²) in [7, 11) is 0. The maximum absolute atomic E-state index is 12.9. The summed E-state index contributed by atoms with van der Waals surface area (Å²) in [5.74, 6) is -3.42. The van der Waals surface area contributed by atoms with E-state index < -0.39 is 30.1 Å². The molecule has 2 N–H and O–H groups in total. The third kappa shape index (κ3) is 1.81. The van der Waals surface area contributed by atoms with Crippen molar-refractivity contribution in [3.8, 4) is 0 Å². The highest BCUT2D eigenvalue weighted by molar-refractivity contribution is 6.30. The Labute approximate surface area is 89.2 Å². The lowest BCUT2D eigenvalue weighted by molar-refractivity contribution is -0.125. The van der Waals surface area contributed by atoms with Crippen molar-refractivity contribution < 1.29 is 13.2 Å². The molecule has 0 amide bonds. The molecule has 0 spiro atoms. The summed E-state index contributed by atoms with van der Waals surface area (Å²) >= 11 is 5.68. The number of rotatable bonds is 1. The lowest BCUT2D eigenvalue weighted by atomic mass is 9.70. The highest BCUT2D eigenvalue weighted by Gasteiger charge is 2.56. The number of halogens is 4. The van der Waals surface area contributed by atoms with Crippen molar-refractivity contribution in [2.45, 2.75) is 24.3 Å². The zero-order valence-electron chi connectivity index (χ0n) is 7.61. The summed E-state index contributed by atoms with van der Waals surface area (Å²) < 4.78 is 38.3. The lowest BCUT2D eigenvalue weighted by Crippen LogP contribution is -2.55. The lowest BCUT2D eigenvalue weighted by Gasteiger charge is -2.44. The molecule has 6 heteroatoms. The summed E-state index contributed by atoms with van der Waals surface area (Å²) in [6.07, 6.45) is -0.123. The second-order valence-electron chi connectivity index (χ2n) is 3.86. The minimum atomic E-state index is -2.79. The Hall–Kier alpha value is -0.810. The van der Waals surface area contributed by atoms with Gasteiger partial charge in [-0.05, 0) is 6.07 Å². The van der Waals surface area contributed by atoms with Crippen LogP contribution in [0.25, 0.3) is 0 Å². The Kier molecular flexibility index (Phi) is 2.20. The van der Waals surface area contributed by atoms with Gasteiger partial charge in [0, 0.05) is 18.4 Å². The Balaban J connectivity index is 2.35. The molecule has 1 fully saturated rings. The summed E-state index contributed by atoms with van der Waals surface area (Å²) in [6, 6.07) is 1.06. The molecule has 1 aromatic rings. The molecule has 2 nitrogen and oxygen atoms in total. The van der Waals surface area contributed by atoms with Gasteiger partial charge in [0.1, 0.15) is 11.0 Å². The van der Waals surface area contributed by atoms with E-state index >= 15 is 0 Å². The van der Waals surface area contributed by atoms with E-state index in [1.807, 2.05) is 0 Å². The summed E-state index contributed by atoms with van der Waals surface area (Å²) in [5.41, 5.74) is 4.59. The average Bonchev–Trinajstić information content (AvgIpc) is 2.05. The first-order valence-corrected chi connectivity index (χ1v) is 4.68. The molecular weight excluding hydrogens is 229 g/mol. The molecule has 0 atom stereocenters. The van der Waals surface area contributed by atoms with Gasteiger partial charge < -0.3 is 5.73 Å². The van der Waals surface area contributed by atoms with E-state index in [1.54, 1.807) is 0 Å². The van der Waals surface area contributed by atoms with Crippen LogP contribution >= 0.6 is 11.6 Å². The molecule has 1 aliphatic rings.